The zero-order chi connectivity index (χ0) is 10.3. The topological polar surface area (TPSA) is 29.1 Å². The molecule has 14 heavy (non-hydrogen) atoms. The van der Waals surface area contributed by atoms with Crippen LogP contribution in [0.4, 0.5) is 5.69 Å². The molecule has 0 aromatic heterocycles. The second-order valence-corrected chi connectivity index (χ2v) is 4.20. The fraction of sp³-hybridized carbons (Fsp3) is 0.364. The molecule has 0 saturated heterocycles. The molecule has 1 unspecified atom stereocenters. The van der Waals surface area contributed by atoms with Crippen LogP contribution in [-0.2, 0) is 4.79 Å². The highest BCUT2D eigenvalue weighted by molar-refractivity contribution is 6.31. The van der Waals surface area contributed by atoms with E-state index >= 15 is 0 Å². The summed E-state index contributed by atoms with van der Waals surface area (Å²) in [4.78, 5) is 11.3. The first kappa shape index (κ1) is 9.53. The van der Waals surface area contributed by atoms with Crippen LogP contribution in [-0.4, -0.2) is 5.91 Å². The van der Waals surface area contributed by atoms with E-state index in [0.717, 1.165) is 11.3 Å². The number of carbonyl (C=O) groups is 1. The SMILES string of the molecule is Cc1c(Cl)ccc2c1NC(=O)CC2C. The summed E-state index contributed by atoms with van der Waals surface area (Å²) < 4.78 is 0. The van der Waals surface area contributed by atoms with E-state index in [9.17, 15) is 4.79 Å². The molecular formula is C11H12ClNO. The van der Waals surface area contributed by atoms with Gasteiger partial charge >= 0.3 is 0 Å². The lowest BCUT2D eigenvalue weighted by Crippen LogP contribution is -2.22. The van der Waals surface area contributed by atoms with Gasteiger partial charge in [-0.2, -0.15) is 0 Å². The monoisotopic (exact) mass is 209 g/mol. The number of hydrogen-bond donors (Lipinski definition) is 1. The van der Waals surface area contributed by atoms with E-state index in [1.807, 2.05) is 19.1 Å². The maximum Gasteiger partial charge on any atom is 0.224 e. The van der Waals surface area contributed by atoms with E-state index < -0.39 is 0 Å². The first-order valence-corrected chi connectivity index (χ1v) is 5.06. The highest BCUT2D eigenvalue weighted by Crippen LogP contribution is 2.36. The predicted molar refractivity (Wildman–Crippen MR) is 57.9 cm³/mol. The normalized spacial score (nSPS) is 20.2. The predicted octanol–water partition coefficient (Wildman–Crippen LogP) is 3.09. The van der Waals surface area contributed by atoms with Gasteiger partial charge in [-0.25, -0.2) is 0 Å². The molecule has 0 saturated carbocycles. The van der Waals surface area contributed by atoms with Crippen LogP contribution >= 0.6 is 11.6 Å². The lowest BCUT2D eigenvalue weighted by atomic mass is 9.90. The molecule has 0 fully saturated rings. The summed E-state index contributed by atoms with van der Waals surface area (Å²) in [5.74, 6) is 0.366. The maximum absolute atomic E-state index is 11.3. The Bertz CT molecular complexity index is 401. The summed E-state index contributed by atoms with van der Waals surface area (Å²) in [5, 5.41) is 3.58. The first-order chi connectivity index (χ1) is 6.59. The molecule has 1 atom stereocenters. The molecule has 3 heteroatoms. The third-order valence-corrected chi connectivity index (χ3v) is 3.13. The van der Waals surface area contributed by atoms with Gasteiger partial charge in [-0.1, -0.05) is 24.6 Å². The summed E-state index contributed by atoms with van der Waals surface area (Å²) in [7, 11) is 0. The number of rotatable bonds is 0. The molecule has 1 aliphatic heterocycles. The molecule has 2 rings (SSSR count). The second-order valence-electron chi connectivity index (χ2n) is 3.79. The Hall–Kier alpha value is -1.02. The van der Waals surface area contributed by atoms with Crippen LogP contribution in [0.25, 0.3) is 0 Å². The Kier molecular flexibility index (Phi) is 2.23. The van der Waals surface area contributed by atoms with E-state index in [2.05, 4.69) is 12.2 Å². The zero-order valence-electron chi connectivity index (χ0n) is 8.23. The number of benzene rings is 1. The van der Waals surface area contributed by atoms with Crippen LogP contribution in [0.1, 0.15) is 30.4 Å². The van der Waals surface area contributed by atoms with Crippen LogP contribution in [0.15, 0.2) is 12.1 Å². The average Bonchev–Trinajstić information content (AvgIpc) is 2.12. The van der Waals surface area contributed by atoms with Crippen molar-refractivity contribution in [2.24, 2.45) is 0 Å². The highest BCUT2D eigenvalue weighted by Gasteiger charge is 2.23. The van der Waals surface area contributed by atoms with E-state index in [4.69, 9.17) is 11.6 Å². The van der Waals surface area contributed by atoms with E-state index in [-0.39, 0.29) is 11.8 Å². The number of amides is 1. The summed E-state index contributed by atoms with van der Waals surface area (Å²) in [6.07, 6.45) is 0.564. The molecule has 74 valence electrons. The molecule has 1 aliphatic rings. The van der Waals surface area contributed by atoms with Crippen LogP contribution < -0.4 is 5.32 Å². The Morgan fingerprint density at radius 3 is 2.93 bits per heavy atom. The summed E-state index contributed by atoms with van der Waals surface area (Å²) in [5.41, 5.74) is 3.05. The molecule has 0 radical (unpaired) electrons. The van der Waals surface area contributed by atoms with Gasteiger partial charge in [0.25, 0.3) is 0 Å². The molecule has 1 aromatic rings. The van der Waals surface area contributed by atoms with Crippen molar-refractivity contribution in [2.75, 3.05) is 5.32 Å². The van der Waals surface area contributed by atoms with Gasteiger partial charge in [-0.3, -0.25) is 4.79 Å². The summed E-state index contributed by atoms with van der Waals surface area (Å²) >= 11 is 5.99. The van der Waals surface area contributed by atoms with Crippen molar-refractivity contribution in [3.63, 3.8) is 0 Å². The molecule has 0 bridgehead atoms. The van der Waals surface area contributed by atoms with Gasteiger partial charge in [0.1, 0.15) is 0 Å². The Morgan fingerprint density at radius 1 is 1.50 bits per heavy atom. The lowest BCUT2D eigenvalue weighted by Gasteiger charge is -2.24. The molecular weight excluding hydrogens is 198 g/mol. The number of halogens is 1. The summed E-state index contributed by atoms with van der Waals surface area (Å²) in [6.45, 7) is 3.99. The van der Waals surface area contributed by atoms with Crippen molar-refractivity contribution in [3.8, 4) is 0 Å². The molecule has 0 spiro atoms. The number of fused-ring (bicyclic) bond motifs is 1. The van der Waals surface area contributed by atoms with Crippen molar-refractivity contribution in [2.45, 2.75) is 26.2 Å². The molecule has 1 N–H and O–H groups in total. The van der Waals surface area contributed by atoms with Crippen molar-refractivity contribution >= 4 is 23.2 Å². The Morgan fingerprint density at radius 2 is 2.21 bits per heavy atom. The quantitative estimate of drug-likeness (QED) is 0.699. The number of anilines is 1. The fourth-order valence-electron chi connectivity index (χ4n) is 1.86. The molecule has 1 aromatic carbocycles. The Balaban J connectivity index is 2.59. The smallest absolute Gasteiger partial charge is 0.224 e. The standard InChI is InChI=1S/C11H12ClNO/c1-6-5-10(14)13-11-7(2)9(12)4-3-8(6)11/h3-4,6H,5H2,1-2H3,(H,13,14). The van der Waals surface area contributed by atoms with Crippen molar-refractivity contribution in [1.29, 1.82) is 0 Å². The maximum atomic E-state index is 11.3. The number of nitrogens with one attached hydrogen (secondary N) is 1. The van der Waals surface area contributed by atoms with Gasteiger partial charge in [0.15, 0.2) is 0 Å². The third kappa shape index (κ3) is 1.40. The molecule has 2 nitrogen and oxygen atoms in total. The minimum atomic E-state index is 0.0790. The van der Waals surface area contributed by atoms with Gasteiger partial charge in [0.2, 0.25) is 5.91 Å². The fourth-order valence-corrected chi connectivity index (χ4v) is 2.02. The van der Waals surface area contributed by atoms with Crippen LogP contribution in [0.5, 0.6) is 0 Å². The van der Waals surface area contributed by atoms with Gasteiger partial charge in [0.05, 0.1) is 0 Å². The molecule has 1 heterocycles. The minimum Gasteiger partial charge on any atom is -0.326 e. The van der Waals surface area contributed by atoms with Crippen molar-refractivity contribution in [1.82, 2.24) is 0 Å². The number of carbonyl (C=O) groups excluding carboxylic acids is 1. The second kappa shape index (κ2) is 3.28. The first-order valence-electron chi connectivity index (χ1n) is 4.68. The zero-order valence-corrected chi connectivity index (χ0v) is 8.98. The van der Waals surface area contributed by atoms with Crippen molar-refractivity contribution < 1.29 is 4.79 Å². The largest absolute Gasteiger partial charge is 0.326 e. The summed E-state index contributed by atoms with van der Waals surface area (Å²) in [6, 6.07) is 3.89. The van der Waals surface area contributed by atoms with Gasteiger partial charge in [-0.05, 0) is 30.0 Å². The van der Waals surface area contributed by atoms with E-state index in [0.29, 0.717) is 11.4 Å². The minimum absolute atomic E-state index is 0.0790. The van der Waals surface area contributed by atoms with Gasteiger partial charge in [-0.15, -0.1) is 0 Å². The molecule has 0 aliphatic carbocycles. The van der Waals surface area contributed by atoms with E-state index in [1.54, 1.807) is 0 Å². The van der Waals surface area contributed by atoms with Crippen LogP contribution in [0.3, 0.4) is 0 Å². The Labute approximate surface area is 88.3 Å². The van der Waals surface area contributed by atoms with Crippen LogP contribution in [0.2, 0.25) is 5.02 Å². The van der Waals surface area contributed by atoms with Crippen LogP contribution in [0, 0.1) is 6.92 Å². The van der Waals surface area contributed by atoms with E-state index in [1.165, 1.54) is 5.56 Å². The van der Waals surface area contributed by atoms with Gasteiger partial charge in [0, 0.05) is 17.1 Å². The van der Waals surface area contributed by atoms with Gasteiger partial charge < -0.3 is 5.32 Å². The highest BCUT2D eigenvalue weighted by atomic mass is 35.5. The molecule has 1 amide bonds. The lowest BCUT2D eigenvalue weighted by molar-refractivity contribution is -0.116. The number of hydrogen-bond acceptors (Lipinski definition) is 1. The average molecular weight is 210 g/mol. The third-order valence-electron chi connectivity index (χ3n) is 2.72. The van der Waals surface area contributed by atoms with Crippen molar-refractivity contribution in [3.05, 3.63) is 28.3 Å².